The number of ether oxygens (including phenoxy) is 1. The van der Waals surface area contributed by atoms with Crippen molar-refractivity contribution in [1.82, 2.24) is 0 Å². The zero-order chi connectivity index (χ0) is 13.0. The number of hydrogen-bond acceptors (Lipinski definition) is 3. The molecule has 0 saturated carbocycles. The van der Waals surface area contributed by atoms with Crippen molar-refractivity contribution in [2.45, 2.75) is 12.5 Å². The number of halogens is 4. The van der Waals surface area contributed by atoms with Gasteiger partial charge in [-0.1, -0.05) is 0 Å². The van der Waals surface area contributed by atoms with Gasteiger partial charge in [0.05, 0.1) is 18.7 Å². The Hall–Kier alpha value is -1.81. The molecule has 17 heavy (non-hydrogen) atoms. The largest absolute Gasteiger partial charge is 0.487 e. The van der Waals surface area contributed by atoms with Crippen molar-refractivity contribution in [3.8, 4) is 11.8 Å². The molecule has 0 aliphatic heterocycles. The Bertz CT molecular complexity index is 432. The van der Waals surface area contributed by atoms with Crippen LogP contribution in [0.1, 0.15) is 6.42 Å². The molecule has 1 rings (SSSR count). The van der Waals surface area contributed by atoms with Gasteiger partial charge in [-0.2, -0.15) is 14.0 Å². The normalized spacial score (nSPS) is 12.0. The molecule has 1 aromatic rings. The minimum Gasteiger partial charge on any atom is -0.487 e. The summed E-state index contributed by atoms with van der Waals surface area (Å²) in [4.78, 5) is 0. The molecule has 0 aromatic heterocycles. The van der Waals surface area contributed by atoms with E-state index in [0.29, 0.717) is 0 Å². The number of hydrogen-bond donors (Lipinski definition) is 1. The van der Waals surface area contributed by atoms with E-state index in [9.17, 15) is 17.6 Å². The zero-order valence-electron chi connectivity index (χ0n) is 8.51. The number of nitrogens with two attached hydrogens (primary N) is 1. The van der Waals surface area contributed by atoms with Crippen LogP contribution in [0.25, 0.3) is 0 Å². The van der Waals surface area contributed by atoms with Crippen molar-refractivity contribution in [1.29, 1.82) is 5.26 Å². The molecule has 0 aliphatic rings. The van der Waals surface area contributed by atoms with Crippen LogP contribution < -0.4 is 10.5 Å². The van der Waals surface area contributed by atoms with Gasteiger partial charge in [-0.25, -0.2) is 8.78 Å². The highest BCUT2D eigenvalue weighted by Gasteiger charge is 2.20. The molecule has 0 heterocycles. The summed E-state index contributed by atoms with van der Waals surface area (Å²) in [6.45, 7) is -0.328. The van der Waals surface area contributed by atoms with Crippen LogP contribution in [-0.2, 0) is 0 Å². The molecule has 1 aromatic carbocycles. The second kappa shape index (κ2) is 5.50. The van der Waals surface area contributed by atoms with Gasteiger partial charge in [0.15, 0.2) is 17.4 Å². The fourth-order valence-corrected chi connectivity index (χ4v) is 1.03. The Labute approximate surface area is 94.4 Å². The van der Waals surface area contributed by atoms with Gasteiger partial charge in [0.1, 0.15) is 0 Å². The van der Waals surface area contributed by atoms with Gasteiger partial charge in [0.2, 0.25) is 11.6 Å². The second-order valence-electron chi connectivity index (χ2n) is 3.17. The van der Waals surface area contributed by atoms with Gasteiger partial charge >= 0.3 is 0 Å². The first-order chi connectivity index (χ1) is 7.97. The van der Waals surface area contributed by atoms with Crippen LogP contribution in [0.2, 0.25) is 0 Å². The van der Waals surface area contributed by atoms with Gasteiger partial charge in [0.25, 0.3) is 0 Å². The molecule has 0 saturated heterocycles. The van der Waals surface area contributed by atoms with E-state index >= 15 is 0 Å². The predicted molar refractivity (Wildman–Crippen MR) is 50.0 cm³/mol. The average Bonchev–Trinajstić information content (AvgIpc) is 2.30. The van der Waals surface area contributed by atoms with E-state index < -0.39 is 35.1 Å². The Kier molecular flexibility index (Phi) is 4.29. The first kappa shape index (κ1) is 13.3. The Morgan fingerprint density at radius 3 is 2.24 bits per heavy atom. The van der Waals surface area contributed by atoms with Gasteiger partial charge in [-0.05, 0) is 0 Å². The minimum atomic E-state index is -1.62. The van der Waals surface area contributed by atoms with E-state index in [1.807, 2.05) is 0 Å². The summed E-state index contributed by atoms with van der Waals surface area (Å²) in [5.41, 5.74) is 5.20. The molecule has 0 bridgehead atoms. The van der Waals surface area contributed by atoms with Crippen molar-refractivity contribution in [2.75, 3.05) is 6.61 Å². The van der Waals surface area contributed by atoms with Crippen molar-refractivity contribution < 1.29 is 22.3 Å². The molecule has 1 atom stereocenters. The van der Waals surface area contributed by atoms with Crippen LogP contribution in [0.4, 0.5) is 17.6 Å². The number of nitriles is 1. The first-order valence-corrected chi connectivity index (χ1v) is 4.58. The van der Waals surface area contributed by atoms with E-state index in [-0.39, 0.29) is 19.1 Å². The topological polar surface area (TPSA) is 59.0 Å². The molecule has 0 aliphatic carbocycles. The van der Waals surface area contributed by atoms with Gasteiger partial charge < -0.3 is 10.5 Å². The summed E-state index contributed by atoms with van der Waals surface area (Å²) in [7, 11) is 0. The molecule has 7 heteroatoms. The number of benzene rings is 1. The lowest BCUT2D eigenvalue weighted by atomic mass is 10.2. The number of rotatable bonds is 4. The number of nitrogens with zero attached hydrogens (tertiary/aromatic N) is 1. The molecular formula is C10H8F4N2O. The van der Waals surface area contributed by atoms with Crippen LogP contribution in [-0.4, -0.2) is 12.6 Å². The monoisotopic (exact) mass is 248 g/mol. The highest BCUT2D eigenvalue weighted by Crippen LogP contribution is 2.26. The summed E-state index contributed by atoms with van der Waals surface area (Å²) in [6, 6.07) is 0.872. The van der Waals surface area contributed by atoms with Gasteiger partial charge in [-0.3, -0.25) is 0 Å². The third-order valence-electron chi connectivity index (χ3n) is 1.91. The van der Waals surface area contributed by atoms with E-state index in [2.05, 4.69) is 4.74 Å². The molecule has 92 valence electrons. The van der Waals surface area contributed by atoms with Crippen molar-refractivity contribution in [3.63, 3.8) is 0 Å². The quantitative estimate of drug-likeness (QED) is 0.653. The Morgan fingerprint density at radius 1 is 1.24 bits per heavy atom. The smallest absolute Gasteiger partial charge is 0.203 e. The van der Waals surface area contributed by atoms with E-state index in [1.165, 1.54) is 0 Å². The highest BCUT2D eigenvalue weighted by molar-refractivity contribution is 5.28. The molecule has 0 spiro atoms. The van der Waals surface area contributed by atoms with Gasteiger partial charge in [0, 0.05) is 12.5 Å². The molecule has 3 nitrogen and oxygen atoms in total. The third kappa shape index (κ3) is 3.07. The maximum absolute atomic E-state index is 13.0. The molecule has 1 unspecified atom stereocenters. The standard InChI is InChI=1S/C10H8F4N2O/c11-6-3-7(12)9(14)10(8(6)13)17-2-1-5(16)4-15/h3,5H,1-2,16H2. The van der Waals surface area contributed by atoms with E-state index in [4.69, 9.17) is 11.0 Å². The van der Waals surface area contributed by atoms with Crippen molar-refractivity contribution in [2.24, 2.45) is 5.73 Å². The molecule has 0 amide bonds. The summed E-state index contributed by atoms with van der Waals surface area (Å²) in [6.07, 6.45) is -0.0203. The lowest BCUT2D eigenvalue weighted by molar-refractivity contribution is 0.264. The lowest BCUT2D eigenvalue weighted by Crippen LogP contribution is -2.20. The zero-order valence-corrected chi connectivity index (χ0v) is 8.51. The molecule has 0 fully saturated rings. The predicted octanol–water partition coefficient (Wildman–Crippen LogP) is 1.86. The van der Waals surface area contributed by atoms with Crippen molar-refractivity contribution in [3.05, 3.63) is 29.3 Å². The van der Waals surface area contributed by atoms with Gasteiger partial charge in [-0.15, -0.1) is 0 Å². The maximum atomic E-state index is 13.0. The fourth-order valence-electron chi connectivity index (χ4n) is 1.03. The third-order valence-corrected chi connectivity index (χ3v) is 1.91. The summed E-state index contributed by atoms with van der Waals surface area (Å²) in [5.74, 6) is -7.48. The summed E-state index contributed by atoms with van der Waals surface area (Å²) in [5, 5.41) is 8.33. The molecule has 0 radical (unpaired) electrons. The molecular weight excluding hydrogens is 240 g/mol. The second-order valence-corrected chi connectivity index (χ2v) is 3.17. The van der Waals surface area contributed by atoms with E-state index in [0.717, 1.165) is 0 Å². The fraction of sp³-hybridized carbons (Fsp3) is 0.300. The summed E-state index contributed by atoms with van der Waals surface area (Å²) >= 11 is 0. The van der Waals surface area contributed by atoms with Crippen molar-refractivity contribution >= 4 is 0 Å². The van der Waals surface area contributed by atoms with Crippen LogP contribution >= 0.6 is 0 Å². The maximum Gasteiger partial charge on any atom is 0.203 e. The highest BCUT2D eigenvalue weighted by atomic mass is 19.2. The van der Waals surface area contributed by atoms with E-state index in [1.54, 1.807) is 6.07 Å². The van der Waals surface area contributed by atoms with Crippen LogP contribution in [0.3, 0.4) is 0 Å². The van der Waals surface area contributed by atoms with Crippen LogP contribution in [0.15, 0.2) is 6.07 Å². The first-order valence-electron chi connectivity index (χ1n) is 4.58. The molecule has 2 N–H and O–H groups in total. The lowest BCUT2D eigenvalue weighted by Gasteiger charge is -2.09. The Morgan fingerprint density at radius 2 is 1.76 bits per heavy atom. The Balaban J connectivity index is 2.81. The average molecular weight is 248 g/mol. The summed E-state index contributed by atoms with van der Waals surface area (Å²) < 4.78 is 56.1. The van der Waals surface area contributed by atoms with Crippen LogP contribution in [0, 0.1) is 34.6 Å². The SMILES string of the molecule is N#CC(N)CCOc1c(F)c(F)cc(F)c1F. The van der Waals surface area contributed by atoms with Crippen LogP contribution in [0.5, 0.6) is 5.75 Å². The minimum absolute atomic E-state index is 0.0203.